The second kappa shape index (κ2) is 97.9. The Morgan fingerprint density at radius 2 is 0.364 bits per heavy atom. The summed E-state index contributed by atoms with van der Waals surface area (Å²) in [6.45, 7) is 0. The fraction of sp³-hybridized carbons (Fsp3) is 1.00. The van der Waals surface area contributed by atoms with Crippen LogP contribution in [0.3, 0.4) is 0 Å². The molecule has 0 aliphatic carbocycles. The van der Waals surface area contributed by atoms with Crippen LogP contribution in [0.15, 0.2) is 0 Å². The van der Waals surface area contributed by atoms with Crippen LogP contribution in [0.2, 0.25) is 0 Å². The topological polar surface area (TPSA) is 23.8 Å². The molecule has 0 saturated heterocycles. The molecular weight excluding hydrogens is 1680 g/mol. The van der Waals surface area contributed by atoms with Gasteiger partial charge in [0.25, 0.3) is 0 Å². The van der Waals surface area contributed by atoms with Gasteiger partial charge in [0.05, 0.1) is 0 Å². The maximum Gasteiger partial charge on any atom is 0 e. The van der Waals surface area contributed by atoms with Crippen LogP contribution >= 0.6 is 0 Å². The Hall–Kier alpha value is 6.15. The van der Waals surface area contributed by atoms with Crippen LogP contribution in [0.4, 0.5) is 0 Å². The minimum atomic E-state index is 0. The third kappa shape index (κ3) is 85.4. The van der Waals surface area contributed by atoms with Crippen LogP contribution < -0.4 is 0 Å². The van der Waals surface area contributed by atoms with Crippen molar-refractivity contribution in [1.29, 1.82) is 0 Å². The van der Waals surface area contributed by atoms with Gasteiger partial charge in [-0.15, -0.1) is 0 Å². The molecule has 68 valence electrons. The average molecular weight is 1680 g/mol. The SMILES string of the molecule is C[NH-].[W].[W].[W].[W].[W].[W].[W].[W].[W]. The molecule has 0 saturated carbocycles. The number of hydrogen-bond acceptors (Lipinski definition) is 0. The molecule has 1 N–H and O–H groups in total. The van der Waals surface area contributed by atoms with E-state index in [0.717, 1.165) is 0 Å². The predicted octanol–water partition coefficient (Wildman–Crippen LogP) is 0.646. The Morgan fingerprint density at radius 1 is 0.364 bits per heavy atom. The monoisotopic (exact) mass is 1690 g/mol. The summed E-state index contributed by atoms with van der Waals surface area (Å²) < 4.78 is 0. The molecule has 0 spiro atoms. The van der Waals surface area contributed by atoms with Crippen molar-refractivity contribution in [2.75, 3.05) is 7.05 Å². The number of rotatable bonds is 0. The van der Waals surface area contributed by atoms with E-state index >= 15 is 0 Å². The molecule has 0 aromatic rings. The first-order valence-electron chi connectivity index (χ1n) is 0.500. The van der Waals surface area contributed by atoms with Gasteiger partial charge in [-0.05, 0) is 0 Å². The molecule has 0 aromatic heterocycles. The summed E-state index contributed by atoms with van der Waals surface area (Å²) in [7, 11) is 1.25. The van der Waals surface area contributed by atoms with Gasteiger partial charge in [-0.1, -0.05) is 0 Å². The smallest absolute Gasteiger partial charge is 0 e. The molecule has 0 aromatic carbocycles. The molecule has 0 rings (SSSR count). The van der Waals surface area contributed by atoms with Gasteiger partial charge in [-0.2, -0.15) is 7.05 Å². The summed E-state index contributed by atoms with van der Waals surface area (Å²) in [4.78, 5) is 0. The van der Waals surface area contributed by atoms with Gasteiger partial charge in [0.2, 0.25) is 0 Å². The van der Waals surface area contributed by atoms with Crippen LogP contribution in [0.5, 0.6) is 0 Å². The van der Waals surface area contributed by atoms with Gasteiger partial charge < -0.3 is 5.73 Å². The third-order valence-electron chi connectivity index (χ3n) is 0. The molecule has 0 heterocycles. The van der Waals surface area contributed by atoms with E-state index in [1.165, 1.54) is 7.05 Å². The molecule has 0 aliphatic heterocycles. The average Bonchev–Trinajstić information content (AvgIpc) is 1.00. The van der Waals surface area contributed by atoms with E-state index in [0.29, 0.717) is 0 Å². The molecule has 0 aliphatic rings. The van der Waals surface area contributed by atoms with Gasteiger partial charge in [0.15, 0.2) is 0 Å². The van der Waals surface area contributed by atoms with Crippen molar-refractivity contribution >= 4 is 0 Å². The fourth-order valence-electron chi connectivity index (χ4n) is 0. The first kappa shape index (κ1) is 87.5. The maximum atomic E-state index is 5.75. The van der Waals surface area contributed by atoms with Gasteiger partial charge in [-0.25, -0.2) is 0 Å². The molecule has 0 bridgehead atoms. The molecule has 0 radical (unpaired) electrons. The first-order valence-corrected chi connectivity index (χ1v) is 0.500. The molecule has 0 atom stereocenters. The number of hydrogen-bond donors (Lipinski definition) is 0. The van der Waals surface area contributed by atoms with Crippen LogP contribution in [0.25, 0.3) is 5.73 Å². The minimum Gasteiger partial charge on any atom is -0.680 e. The molecular formula is CH4NW9-. The molecule has 0 fully saturated rings. The Balaban J connectivity index is -0.000000000139. The Morgan fingerprint density at radius 3 is 0.364 bits per heavy atom. The zero-order valence-electron chi connectivity index (χ0n) is 5.17. The summed E-state index contributed by atoms with van der Waals surface area (Å²) in [5, 5.41) is 0. The van der Waals surface area contributed by atoms with Crippen LogP contribution in [-0.2, 0) is 190 Å². The van der Waals surface area contributed by atoms with E-state index in [1.807, 2.05) is 0 Å². The first-order chi connectivity index (χ1) is 1.00. The summed E-state index contributed by atoms with van der Waals surface area (Å²) in [6.07, 6.45) is 0. The predicted molar refractivity (Wildman–Crippen MR) is 10.2 cm³/mol. The van der Waals surface area contributed by atoms with Gasteiger partial charge >= 0.3 is 0 Å². The van der Waals surface area contributed by atoms with Crippen molar-refractivity contribution in [3.63, 3.8) is 0 Å². The van der Waals surface area contributed by atoms with E-state index in [1.54, 1.807) is 0 Å². The van der Waals surface area contributed by atoms with E-state index in [-0.39, 0.29) is 190 Å². The quantitative estimate of drug-likeness (QED) is 0.341. The second-order valence-corrected chi connectivity index (χ2v) is 0. The standard InChI is InChI=1S/CH4N.9W/c1-2;;;;;;;;;/h2H,1H3;;;;;;;;;/q-1;;;;;;;;;. The molecule has 0 unspecified atom stereocenters. The van der Waals surface area contributed by atoms with Crippen molar-refractivity contribution in [1.82, 2.24) is 0 Å². The fourth-order valence-corrected chi connectivity index (χ4v) is 0. The van der Waals surface area contributed by atoms with E-state index in [9.17, 15) is 0 Å². The maximum absolute atomic E-state index is 5.75. The molecule has 10 heteroatoms. The van der Waals surface area contributed by atoms with Crippen molar-refractivity contribution in [2.24, 2.45) is 0 Å². The van der Waals surface area contributed by atoms with Gasteiger partial charge in [0, 0.05) is 190 Å². The minimum absolute atomic E-state index is 0. The zero-order chi connectivity index (χ0) is 2.00. The zero-order valence-corrected chi connectivity index (χ0v) is 31.6. The summed E-state index contributed by atoms with van der Waals surface area (Å²) >= 11 is 0. The van der Waals surface area contributed by atoms with Crippen molar-refractivity contribution in [3.05, 3.63) is 5.73 Å². The number of nitrogens with one attached hydrogen (secondary N) is 1. The summed E-state index contributed by atoms with van der Waals surface area (Å²) in [5.74, 6) is 0. The second-order valence-electron chi connectivity index (χ2n) is 0. The summed E-state index contributed by atoms with van der Waals surface area (Å²) in [6, 6.07) is 0. The largest absolute Gasteiger partial charge is 0.680 e. The molecule has 11 heavy (non-hydrogen) atoms. The summed E-state index contributed by atoms with van der Waals surface area (Å²) in [5.41, 5.74) is 5.75. The van der Waals surface area contributed by atoms with Crippen LogP contribution in [0, 0.1) is 0 Å². The third-order valence-corrected chi connectivity index (χ3v) is 0. The Labute approximate surface area is 198 Å². The van der Waals surface area contributed by atoms with Crippen molar-refractivity contribution in [2.45, 2.75) is 0 Å². The van der Waals surface area contributed by atoms with Gasteiger partial charge in [-0.3, -0.25) is 0 Å². The van der Waals surface area contributed by atoms with Crippen LogP contribution in [-0.4, -0.2) is 7.05 Å². The van der Waals surface area contributed by atoms with E-state index in [2.05, 4.69) is 0 Å². The van der Waals surface area contributed by atoms with E-state index < -0.39 is 0 Å². The Bertz CT molecular complexity index is 9.52. The van der Waals surface area contributed by atoms with Crippen molar-refractivity contribution in [3.8, 4) is 0 Å². The normalized spacial score (nSPS) is 0.545. The molecule has 1 nitrogen and oxygen atoms in total. The van der Waals surface area contributed by atoms with Crippen LogP contribution in [0.1, 0.15) is 0 Å². The van der Waals surface area contributed by atoms with Gasteiger partial charge in [0.1, 0.15) is 0 Å². The van der Waals surface area contributed by atoms with Crippen molar-refractivity contribution < 1.29 is 190 Å². The van der Waals surface area contributed by atoms with E-state index in [4.69, 9.17) is 5.73 Å². The molecule has 0 amide bonds. The Kier molecular flexibility index (Phi) is 779.